The van der Waals surface area contributed by atoms with E-state index in [4.69, 9.17) is 11.6 Å². The summed E-state index contributed by atoms with van der Waals surface area (Å²) >= 11 is 5.55. The van der Waals surface area contributed by atoms with Crippen molar-refractivity contribution in [3.63, 3.8) is 0 Å². The Labute approximate surface area is 76.5 Å². The quantitative estimate of drug-likeness (QED) is 0.765. The molecule has 12 heavy (non-hydrogen) atoms. The van der Waals surface area contributed by atoms with Gasteiger partial charge in [-0.3, -0.25) is 0 Å². The van der Waals surface area contributed by atoms with Crippen LogP contribution < -0.4 is 5.32 Å². The molecule has 1 heterocycles. The van der Waals surface area contributed by atoms with Gasteiger partial charge in [0.05, 0.1) is 6.54 Å². The summed E-state index contributed by atoms with van der Waals surface area (Å²) in [5.74, 6) is 0.760. The summed E-state index contributed by atoms with van der Waals surface area (Å²) < 4.78 is 0. The number of nitrogens with one attached hydrogen (secondary N) is 1. The molecule has 3 nitrogen and oxygen atoms in total. The second kappa shape index (κ2) is 4.85. The minimum Gasteiger partial charge on any atom is -0.305 e. The minimum atomic E-state index is 0.583. The van der Waals surface area contributed by atoms with Crippen LogP contribution in [0.1, 0.15) is 5.82 Å². The fourth-order valence-electron chi connectivity index (χ4n) is 0.731. The lowest BCUT2D eigenvalue weighted by Gasteiger charge is -2.00. The summed E-state index contributed by atoms with van der Waals surface area (Å²) in [5.41, 5.74) is 0. The van der Waals surface area contributed by atoms with E-state index in [9.17, 15) is 0 Å². The molecule has 1 rings (SSSR count). The summed E-state index contributed by atoms with van der Waals surface area (Å²) in [6.07, 6.45) is 3.42. The van der Waals surface area contributed by atoms with Crippen molar-refractivity contribution >= 4 is 11.6 Å². The molecule has 0 saturated carbocycles. The van der Waals surface area contributed by atoms with Crippen molar-refractivity contribution in [3.8, 4) is 0 Å². The molecule has 1 N–H and O–H groups in total. The van der Waals surface area contributed by atoms with E-state index in [1.54, 1.807) is 18.5 Å². The van der Waals surface area contributed by atoms with E-state index in [0.29, 0.717) is 18.1 Å². The Balaban J connectivity index is 2.29. The maximum atomic E-state index is 5.55. The maximum Gasteiger partial charge on any atom is 0.141 e. The number of hydrogen-bond acceptors (Lipinski definition) is 3. The Morgan fingerprint density at radius 3 is 2.75 bits per heavy atom. The highest BCUT2D eigenvalue weighted by Gasteiger charge is 1.93. The summed E-state index contributed by atoms with van der Waals surface area (Å²) in [4.78, 5) is 8.06. The van der Waals surface area contributed by atoms with Crippen LogP contribution in [0.2, 0.25) is 0 Å². The number of aromatic nitrogens is 2. The lowest BCUT2D eigenvalue weighted by atomic mass is 10.5. The third-order valence-electron chi connectivity index (χ3n) is 1.22. The van der Waals surface area contributed by atoms with Crippen molar-refractivity contribution in [2.45, 2.75) is 6.54 Å². The molecular formula is C8H10ClN3. The van der Waals surface area contributed by atoms with Crippen molar-refractivity contribution in [1.82, 2.24) is 15.3 Å². The third-order valence-corrected chi connectivity index (χ3v) is 1.35. The zero-order valence-corrected chi connectivity index (χ0v) is 7.38. The fraction of sp³-hybridized carbons (Fsp3) is 0.250. The van der Waals surface area contributed by atoms with Crippen LogP contribution in [0, 0.1) is 0 Å². The fourth-order valence-corrected chi connectivity index (χ4v) is 0.826. The standard InChI is InChI=1S/C8H10ClN3/c1-7(9)5-10-6-8-11-3-2-4-12-8/h2-4,10H,1,5-6H2. The molecule has 0 saturated heterocycles. The number of halogens is 1. The summed E-state index contributed by atoms with van der Waals surface area (Å²) in [5, 5.41) is 3.63. The van der Waals surface area contributed by atoms with Gasteiger partial charge in [-0.2, -0.15) is 0 Å². The highest BCUT2D eigenvalue weighted by molar-refractivity contribution is 6.29. The Hall–Kier alpha value is -0.930. The molecule has 4 heteroatoms. The molecular weight excluding hydrogens is 174 g/mol. The summed E-state index contributed by atoms with van der Waals surface area (Å²) in [6.45, 7) is 4.75. The molecule has 0 amide bonds. The van der Waals surface area contributed by atoms with Crippen molar-refractivity contribution in [3.05, 3.63) is 35.9 Å². The van der Waals surface area contributed by atoms with E-state index >= 15 is 0 Å². The van der Waals surface area contributed by atoms with Crippen LogP contribution in [-0.2, 0) is 6.54 Å². The molecule has 0 aliphatic carbocycles. The Bertz CT molecular complexity index is 248. The van der Waals surface area contributed by atoms with Crippen molar-refractivity contribution in [2.24, 2.45) is 0 Å². The van der Waals surface area contributed by atoms with Crippen molar-refractivity contribution in [2.75, 3.05) is 6.54 Å². The van der Waals surface area contributed by atoms with Crippen molar-refractivity contribution < 1.29 is 0 Å². The second-order valence-electron chi connectivity index (χ2n) is 2.29. The first-order chi connectivity index (χ1) is 5.79. The van der Waals surface area contributed by atoms with Crippen LogP contribution in [-0.4, -0.2) is 16.5 Å². The first kappa shape index (κ1) is 9.16. The maximum absolute atomic E-state index is 5.55. The lowest BCUT2D eigenvalue weighted by Crippen LogP contribution is -2.16. The van der Waals surface area contributed by atoms with E-state index in [0.717, 1.165) is 5.82 Å². The van der Waals surface area contributed by atoms with Crippen LogP contribution in [0.4, 0.5) is 0 Å². The molecule has 0 atom stereocenters. The molecule has 0 fully saturated rings. The Morgan fingerprint density at radius 2 is 2.17 bits per heavy atom. The number of rotatable bonds is 4. The van der Waals surface area contributed by atoms with Gasteiger partial charge < -0.3 is 5.32 Å². The van der Waals surface area contributed by atoms with Gasteiger partial charge in [0.15, 0.2) is 0 Å². The van der Waals surface area contributed by atoms with Gasteiger partial charge in [0.2, 0.25) is 0 Å². The molecule has 0 spiro atoms. The highest BCUT2D eigenvalue weighted by atomic mass is 35.5. The van der Waals surface area contributed by atoms with Gasteiger partial charge >= 0.3 is 0 Å². The van der Waals surface area contributed by atoms with E-state index in [1.165, 1.54) is 0 Å². The van der Waals surface area contributed by atoms with Gasteiger partial charge in [-0.1, -0.05) is 18.2 Å². The topological polar surface area (TPSA) is 37.8 Å². The second-order valence-corrected chi connectivity index (χ2v) is 2.82. The first-order valence-corrected chi connectivity index (χ1v) is 3.96. The summed E-state index contributed by atoms with van der Waals surface area (Å²) in [7, 11) is 0. The van der Waals surface area contributed by atoms with Gasteiger partial charge in [-0.05, 0) is 6.07 Å². The molecule has 0 aliphatic rings. The van der Waals surface area contributed by atoms with Gasteiger partial charge in [0, 0.05) is 24.0 Å². The molecule has 0 aromatic carbocycles. The predicted octanol–water partition coefficient (Wildman–Crippen LogP) is 1.32. The first-order valence-electron chi connectivity index (χ1n) is 3.59. The van der Waals surface area contributed by atoms with Gasteiger partial charge in [0.25, 0.3) is 0 Å². The van der Waals surface area contributed by atoms with E-state index < -0.39 is 0 Å². The normalized spacial score (nSPS) is 9.75. The van der Waals surface area contributed by atoms with E-state index in [-0.39, 0.29) is 0 Å². The molecule has 1 aromatic heterocycles. The molecule has 0 radical (unpaired) electrons. The molecule has 1 aromatic rings. The Morgan fingerprint density at radius 1 is 1.50 bits per heavy atom. The zero-order chi connectivity index (χ0) is 8.81. The van der Waals surface area contributed by atoms with Crippen LogP contribution in [0.5, 0.6) is 0 Å². The van der Waals surface area contributed by atoms with Gasteiger partial charge in [0.1, 0.15) is 5.82 Å². The van der Waals surface area contributed by atoms with Crippen LogP contribution in [0.25, 0.3) is 0 Å². The van der Waals surface area contributed by atoms with Gasteiger partial charge in [-0.15, -0.1) is 0 Å². The summed E-state index contributed by atoms with van der Waals surface area (Å²) in [6, 6.07) is 1.78. The Kier molecular flexibility index (Phi) is 3.70. The minimum absolute atomic E-state index is 0.583. The molecule has 0 unspecified atom stereocenters. The highest BCUT2D eigenvalue weighted by Crippen LogP contribution is 1.93. The molecule has 0 bridgehead atoms. The number of nitrogens with zero attached hydrogens (tertiary/aromatic N) is 2. The monoisotopic (exact) mass is 183 g/mol. The largest absolute Gasteiger partial charge is 0.305 e. The smallest absolute Gasteiger partial charge is 0.141 e. The van der Waals surface area contributed by atoms with Crippen LogP contribution >= 0.6 is 11.6 Å². The zero-order valence-electron chi connectivity index (χ0n) is 6.63. The number of hydrogen-bond donors (Lipinski definition) is 1. The third kappa shape index (κ3) is 3.46. The van der Waals surface area contributed by atoms with Crippen LogP contribution in [0.3, 0.4) is 0 Å². The van der Waals surface area contributed by atoms with Crippen LogP contribution in [0.15, 0.2) is 30.1 Å². The van der Waals surface area contributed by atoms with Crippen molar-refractivity contribution in [1.29, 1.82) is 0 Å². The lowest BCUT2D eigenvalue weighted by molar-refractivity contribution is 0.712. The van der Waals surface area contributed by atoms with Gasteiger partial charge in [-0.25, -0.2) is 9.97 Å². The average Bonchev–Trinajstić information content (AvgIpc) is 2.05. The average molecular weight is 184 g/mol. The molecule has 64 valence electrons. The van der Waals surface area contributed by atoms with E-state index in [2.05, 4.69) is 21.9 Å². The van der Waals surface area contributed by atoms with E-state index in [1.807, 2.05) is 0 Å². The molecule has 0 aliphatic heterocycles. The predicted molar refractivity (Wildman–Crippen MR) is 48.7 cm³/mol. The SMILES string of the molecule is C=C(Cl)CNCc1ncccn1.